The summed E-state index contributed by atoms with van der Waals surface area (Å²) in [4.78, 5) is 12.6. The molecule has 6 heteroatoms. The standard InChI is InChI=1S/C20H36N2O4/c1-12-5-4-6-13-9-17(22-19(12)13)20(24)21-11-18(23)14-7-15(25-2)10-16(8-14)26-3/h12-19,22-23H,4-11H2,1-3H3,(H,21,24). The second kappa shape index (κ2) is 9.00. The van der Waals surface area contributed by atoms with Crippen molar-refractivity contribution in [3.05, 3.63) is 0 Å². The highest BCUT2D eigenvalue weighted by molar-refractivity contribution is 5.82. The predicted molar refractivity (Wildman–Crippen MR) is 99.8 cm³/mol. The minimum atomic E-state index is -0.558. The van der Waals surface area contributed by atoms with Crippen LogP contribution in [0.3, 0.4) is 0 Å². The van der Waals surface area contributed by atoms with E-state index in [4.69, 9.17) is 9.47 Å². The van der Waals surface area contributed by atoms with Crippen LogP contribution in [-0.2, 0) is 14.3 Å². The molecule has 3 rings (SSSR count). The van der Waals surface area contributed by atoms with Gasteiger partial charge in [0, 0.05) is 26.8 Å². The molecule has 1 saturated heterocycles. The van der Waals surface area contributed by atoms with E-state index in [1.807, 2.05) is 0 Å². The first kappa shape index (κ1) is 20.1. The molecule has 3 aliphatic rings. The van der Waals surface area contributed by atoms with Crippen molar-refractivity contribution in [2.75, 3.05) is 20.8 Å². The lowest BCUT2D eigenvalue weighted by molar-refractivity contribution is -0.123. The van der Waals surface area contributed by atoms with Crippen LogP contribution in [0, 0.1) is 17.8 Å². The zero-order chi connectivity index (χ0) is 18.7. The van der Waals surface area contributed by atoms with Crippen LogP contribution in [0.1, 0.15) is 51.9 Å². The highest BCUT2D eigenvalue weighted by Crippen LogP contribution is 2.36. The van der Waals surface area contributed by atoms with E-state index in [0.717, 1.165) is 25.7 Å². The van der Waals surface area contributed by atoms with E-state index >= 15 is 0 Å². The molecule has 6 nitrogen and oxygen atoms in total. The molecule has 2 saturated carbocycles. The molecular formula is C20H36N2O4. The Hall–Kier alpha value is -0.690. The third kappa shape index (κ3) is 4.58. The maximum Gasteiger partial charge on any atom is 0.237 e. The molecule has 0 aromatic rings. The third-order valence-corrected chi connectivity index (χ3v) is 6.96. The van der Waals surface area contributed by atoms with Gasteiger partial charge in [-0.2, -0.15) is 0 Å². The Labute approximate surface area is 157 Å². The highest BCUT2D eigenvalue weighted by Gasteiger charge is 2.41. The van der Waals surface area contributed by atoms with Gasteiger partial charge in [0.15, 0.2) is 0 Å². The van der Waals surface area contributed by atoms with Crippen LogP contribution >= 0.6 is 0 Å². The summed E-state index contributed by atoms with van der Waals surface area (Å²) in [7, 11) is 3.42. The Morgan fingerprint density at radius 1 is 1.15 bits per heavy atom. The first-order valence-corrected chi connectivity index (χ1v) is 10.3. The summed E-state index contributed by atoms with van der Waals surface area (Å²) in [6, 6.07) is 0.371. The molecule has 150 valence electrons. The Bertz CT molecular complexity index is 463. The van der Waals surface area contributed by atoms with Gasteiger partial charge in [-0.3, -0.25) is 4.79 Å². The molecule has 7 unspecified atom stereocenters. The fraction of sp³-hybridized carbons (Fsp3) is 0.950. The van der Waals surface area contributed by atoms with Crippen molar-refractivity contribution in [1.82, 2.24) is 10.6 Å². The van der Waals surface area contributed by atoms with E-state index in [-0.39, 0.29) is 30.1 Å². The number of carbonyl (C=O) groups is 1. The lowest BCUT2D eigenvalue weighted by atomic mass is 9.78. The van der Waals surface area contributed by atoms with Gasteiger partial charge in [-0.25, -0.2) is 0 Å². The van der Waals surface area contributed by atoms with Crippen LogP contribution in [0.25, 0.3) is 0 Å². The van der Waals surface area contributed by atoms with Crippen LogP contribution in [-0.4, -0.2) is 62.2 Å². The molecule has 0 radical (unpaired) electrons. The monoisotopic (exact) mass is 368 g/mol. The second-order valence-electron chi connectivity index (χ2n) is 8.64. The summed E-state index contributed by atoms with van der Waals surface area (Å²) < 4.78 is 11.0. The molecule has 1 heterocycles. The molecule has 3 fully saturated rings. The topological polar surface area (TPSA) is 79.8 Å². The smallest absolute Gasteiger partial charge is 0.237 e. The van der Waals surface area contributed by atoms with Gasteiger partial charge in [-0.1, -0.05) is 13.3 Å². The zero-order valence-electron chi connectivity index (χ0n) is 16.4. The van der Waals surface area contributed by atoms with Crippen molar-refractivity contribution in [3.63, 3.8) is 0 Å². The molecule has 0 aromatic carbocycles. The number of amides is 1. The molecule has 1 amide bonds. The Morgan fingerprint density at radius 3 is 2.46 bits per heavy atom. The van der Waals surface area contributed by atoms with Crippen LogP contribution in [0.15, 0.2) is 0 Å². The molecule has 2 aliphatic carbocycles. The number of nitrogens with one attached hydrogen (secondary N) is 2. The highest BCUT2D eigenvalue weighted by atomic mass is 16.5. The minimum Gasteiger partial charge on any atom is -0.391 e. The predicted octanol–water partition coefficient (Wildman–Crippen LogP) is 1.46. The number of hydrogen-bond acceptors (Lipinski definition) is 5. The number of aliphatic hydroxyl groups is 1. The lowest BCUT2D eigenvalue weighted by Crippen LogP contribution is -2.48. The Kier molecular flexibility index (Phi) is 6.94. The summed E-state index contributed by atoms with van der Waals surface area (Å²) in [6.45, 7) is 2.59. The van der Waals surface area contributed by atoms with E-state index in [1.54, 1.807) is 14.2 Å². The van der Waals surface area contributed by atoms with Crippen molar-refractivity contribution in [1.29, 1.82) is 0 Å². The van der Waals surface area contributed by atoms with E-state index in [9.17, 15) is 9.90 Å². The van der Waals surface area contributed by atoms with E-state index < -0.39 is 6.10 Å². The number of carbonyl (C=O) groups excluding carboxylic acids is 1. The van der Waals surface area contributed by atoms with E-state index in [1.165, 1.54) is 19.3 Å². The molecule has 26 heavy (non-hydrogen) atoms. The van der Waals surface area contributed by atoms with Gasteiger partial charge in [-0.15, -0.1) is 0 Å². The first-order valence-electron chi connectivity index (χ1n) is 10.3. The molecular weight excluding hydrogens is 332 g/mol. The number of methoxy groups -OCH3 is 2. The molecule has 0 spiro atoms. The van der Waals surface area contributed by atoms with Gasteiger partial charge in [-0.05, 0) is 56.3 Å². The number of rotatable bonds is 6. The van der Waals surface area contributed by atoms with Crippen LogP contribution in [0.4, 0.5) is 0 Å². The van der Waals surface area contributed by atoms with Gasteiger partial charge < -0.3 is 25.2 Å². The fourth-order valence-corrected chi connectivity index (χ4v) is 5.33. The largest absolute Gasteiger partial charge is 0.391 e. The van der Waals surface area contributed by atoms with Gasteiger partial charge >= 0.3 is 0 Å². The summed E-state index contributed by atoms with van der Waals surface area (Å²) in [6.07, 6.45) is 6.87. The van der Waals surface area contributed by atoms with Crippen molar-refractivity contribution in [2.24, 2.45) is 17.8 Å². The fourth-order valence-electron chi connectivity index (χ4n) is 5.33. The SMILES string of the molecule is COC1CC(OC)CC(C(O)CNC(=O)C2CC3CCCC(C)C3N2)C1. The van der Waals surface area contributed by atoms with Crippen molar-refractivity contribution < 1.29 is 19.4 Å². The van der Waals surface area contributed by atoms with Crippen molar-refractivity contribution in [3.8, 4) is 0 Å². The van der Waals surface area contributed by atoms with Crippen LogP contribution in [0.2, 0.25) is 0 Å². The summed E-state index contributed by atoms with van der Waals surface area (Å²) in [5.74, 6) is 1.41. The normalized spacial score (nSPS) is 41.5. The summed E-state index contributed by atoms with van der Waals surface area (Å²) in [5, 5.41) is 17.1. The first-order chi connectivity index (χ1) is 12.5. The Morgan fingerprint density at radius 2 is 1.85 bits per heavy atom. The van der Waals surface area contributed by atoms with Gasteiger partial charge in [0.1, 0.15) is 0 Å². The zero-order valence-corrected chi connectivity index (χ0v) is 16.4. The quantitative estimate of drug-likeness (QED) is 0.661. The minimum absolute atomic E-state index is 0.0352. The average Bonchev–Trinajstić information content (AvgIpc) is 3.11. The van der Waals surface area contributed by atoms with Gasteiger partial charge in [0.25, 0.3) is 0 Å². The molecule has 3 N–H and O–H groups in total. The van der Waals surface area contributed by atoms with Crippen molar-refractivity contribution >= 4 is 5.91 Å². The molecule has 1 aliphatic heterocycles. The van der Waals surface area contributed by atoms with E-state index in [2.05, 4.69) is 17.6 Å². The maximum absolute atomic E-state index is 12.6. The van der Waals surface area contributed by atoms with E-state index in [0.29, 0.717) is 24.4 Å². The molecule has 0 aromatic heterocycles. The molecule has 0 bridgehead atoms. The van der Waals surface area contributed by atoms with Crippen molar-refractivity contribution in [2.45, 2.75) is 82.3 Å². The van der Waals surface area contributed by atoms with Crippen LogP contribution in [0.5, 0.6) is 0 Å². The second-order valence-corrected chi connectivity index (χ2v) is 8.64. The van der Waals surface area contributed by atoms with Gasteiger partial charge in [0.2, 0.25) is 5.91 Å². The average molecular weight is 369 g/mol. The third-order valence-electron chi connectivity index (χ3n) is 6.96. The Balaban J connectivity index is 1.46. The maximum atomic E-state index is 12.6. The number of aliphatic hydroxyl groups excluding tert-OH is 1. The molecule has 7 atom stereocenters. The van der Waals surface area contributed by atoms with Gasteiger partial charge in [0.05, 0.1) is 24.4 Å². The lowest BCUT2D eigenvalue weighted by Gasteiger charge is -2.36. The van der Waals surface area contributed by atoms with Crippen LogP contribution < -0.4 is 10.6 Å². The summed E-state index contributed by atoms with van der Waals surface area (Å²) in [5.41, 5.74) is 0. The summed E-state index contributed by atoms with van der Waals surface area (Å²) >= 11 is 0. The number of fused-ring (bicyclic) bond motifs is 1. The number of hydrogen-bond donors (Lipinski definition) is 3. The number of ether oxygens (including phenoxy) is 2.